The minimum atomic E-state index is -3.09. The molecule has 12 heavy (non-hydrogen) atoms. The minimum absolute atomic E-state index is 0.0396. The van der Waals surface area contributed by atoms with Crippen molar-refractivity contribution in [2.75, 3.05) is 12.3 Å². The van der Waals surface area contributed by atoms with Gasteiger partial charge in [0.2, 0.25) is 10.0 Å². The van der Waals surface area contributed by atoms with Gasteiger partial charge in [-0.25, -0.2) is 13.1 Å². The molecule has 0 saturated heterocycles. The van der Waals surface area contributed by atoms with Crippen LogP contribution in [0.5, 0.6) is 0 Å². The van der Waals surface area contributed by atoms with Gasteiger partial charge in [-0.1, -0.05) is 6.92 Å². The van der Waals surface area contributed by atoms with Crippen LogP contribution in [0, 0.1) is 5.92 Å². The summed E-state index contributed by atoms with van der Waals surface area (Å²) in [6.07, 6.45) is 1.92. The van der Waals surface area contributed by atoms with E-state index in [2.05, 4.69) is 11.6 Å². The molecule has 0 bridgehead atoms. The quantitative estimate of drug-likeness (QED) is 0.640. The lowest BCUT2D eigenvalue weighted by atomic mass is 9.83. The van der Waals surface area contributed by atoms with E-state index in [-0.39, 0.29) is 18.3 Å². The van der Waals surface area contributed by atoms with E-state index in [1.165, 1.54) is 0 Å². The highest BCUT2D eigenvalue weighted by Gasteiger charge is 2.28. The van der Waals surface area contributed by atoms with Crippen molar-refractivity contribution < 1.29 is 8.42 Å². The maximum absolute atomic E-state index is 11.1. The maximum Gasteiger partial charge on any atom is 0.213 e. The molecule has 0 spiro atoms. The Labute approximate surface area is 73.6 Å². The first kappa shape index (κ1) is 9.95. The topological polar surface area (TPSA) is 72.2 Å². The maximum atomic E-state index is 11.1. The van der Waals surface area contributed by atoms with Gasteiger partial charge in [-0.15, -0.1) is 0 Å². The first-order chi connectivity index (χ1) is 5.53. The summed E-state index contributed by atoms with van der Waals surface area (Å²) in [5.41, 5.74) is 5.16. The molecule has 5 heteroatoms. The van der Waals surface area contributed by atoms with Crippen molar-refractivity contribution in [3.63, 3.8) is 0 Å². The summed E-state index contributed by atoms with van der Waals surface area (Å²) in [5, 5.41) is 0. The largest absolute Gasteiger partial charge is 0.329 e. The van der Waals surface area contributed by atoms with Crippen LogP contribution in [0.3, 0.4) is 0 Å². The van der Waals surface area contributed by atoms with Crippen molar-refractivity contribution in [1.82, 2.24) is 4.72 Å². The fraction of sp³-hybridized carbons (Fsp3) is 1.00. The Morgan fingerprint density at radius 1 is 1.50 bits per heavy atom. The number of nitrogens with one attached hydrogen (secondary N) is 1. The van der Waals surface area contributed by atoms with Crippen LogP contribution in [0.15, 0.2) is 0 Å². The smallest absolute Gasteiger partial charge is 0.213 e. The van der Waals surface area contributed by atoms with Gasteiger partial charge in [0.25, 0.3) is 0 Å². The van der Waals surface area contributed by atoms with Crippen LogP contribution in [0.1, 0.15) is 19.8 Å². The van der Waals surface area contributed by atoms with Crippen LogP contribution < -0.4 is 10.5 Å². The monoisotopic (exact) mass is 192 g/mol. The van der Waals surface area contributed by atoms with Crippen molar-refractivity contribution in [2.45, 2.75) is 25.8 Å². The second-order valence-electron chi connectivity index (χ2n) is 3.50. The van der Waals surface area contributed by atoms with Gasteiger partial charge in [0.05, 0.1) is 5.75 Å². The highest BCUT2D eigenvalue weighted by atomic mass is 32.2. The van der Waals surface area contributed by atoms with E-state index in [0.29, 0.717) is 5.92 Å². The molecule has 0 heterocycles. The van der Waals surface area contributed by atoms with Crippen molar-refractivity contribution in [2.24, 2.45) is 11.7 Å². The minimum Gasteiger partial charge on any atom is -0.329 e. The van der Waals surface area contributed by atoms with Gasteiger partial charge in [0.15, 0.2) is 0 Å². The molecule has 4 nitrogen and oxygen atoms in total. The Kier molecular flexibility index (Phi) is 3.09. The Morgan fingerprint density at radius 2 is 2.08 bits per heavy atom. The summed E-state index contributed by atoms with van der Waals surface area (Å²) in [6, 6.07) is 0.163. The number of nitrogens with two attached hydrogens (primary N) is 1. The van der Waals surface area contributed by atoms with Gasteiger partial charge < -0.3 is 5.73 Å². The van der Waals surface area contributed by atoms with Crippen LogP contribution in [-0.4, -0.2) is 26.8 Å². The van der Waals surface area contributed by atoms with E-state index >= 15 is 0 Å². The molecule has 0 unspecified atom stereocenters. The molecule has 1 fully saturated rings. The predicted molar refractivity (Wildman–Crippen MR) is 48.2 cm³/mol. The Balaban J connectivity index is 2.31. The first-order valence-electron chi connectivity index (χ1n) is 4.23. The highest BCUT2D eigenvalue weighted by molar-refractivity contribution is 7.89. The summed E-state index contributed by atoms with van der Waals surface area (Å²) >= 11 is 0. The lowest BCUT2D eigenvalue weighted by molar-refractivity contribution is 0.270. The third-order valence-electron chi connectivity index (χ3n) is 2.11. The van der Waals surface area contributed by atoms with Crippen molar-refractivity contribution in [3.8, 4) is 0 Å². The lowest BCUT2D eigenvalue weighted by Gasteiger charge is -2.32. The van der Waals surface area contributed by atoms with Gasteiger partial charge in [0.1, 0.15) is 0 Å². The molecule has 1 aliphatic carbocycles. The van der Waals surface area contributed by atoms with E-state index in [0.717, 1.165) is 12.8 Å². The molecule has 0 aliphatic heterocycles. The molecule has 0 amide bonds. The molecule has 0 aromatic carbocycles. The zero-order valence-electron chi connectivity index (χ0n) is 7.29. The Bertz CT molecular complexity index is 232. The SMILES string of the molecule is CC1CC(NS(=O)(=O)CCN)C1. The van der Waals surface area contributed by atoms with Crippen LogP contribution in [0.2, 0.25) is 0 Å². The summed E-state index contributed by atoms with van der Waals surface area (Å²) in [4.78, 5) is 0. The summed E-state index contributed by atoms with van der Waals surface area (Å²) in [5.74, 6) is 0.702. The fourth-order valence-corrected chi connectivity index (χ4v) is 2.60. The number of hydrogen-bond donors (Lipinski definition) is 2. The second-order valence-corrected chi connectivity index (χ2v) is 5.37. The van der Waals surface area contributed by atoms with E-state index in [1.807, 2.05) is 0 Å². The third-order valence-corrected chi connectivity index (χ3v) is 3.57. The average molecular weight is 192 g/mol. The van der Waals surface area contributed by atoms with Gasteiger partial charge in [-0.2, -0.15) is 0 Å². The molecule has 72 valence electrons. The van der Waals surface area contributed by atoms with Crippen LogP contribution >= 0.6 is 0 Å². The van der Waals surface area contributed by atoms with E-state index < -0.39 is 10.0 Å². The van der Waals surface area contributed by atoms with Crippen LogP contribution in [0.25, 0.3) is 0 Å². The molecule has 1 rings (SSSR count). The third kappa shape index (κ3) is 2.73. The normalized spacial score (nSPS) is 29.8. The molecule has 1 saturated carbocycles. The summed E-state index contributed by atoms with van der Waals surface area (Å²) in [7, 11) is -3.09. The van der Waals surface area contributed by atoms with Crippen molar-refractivity contribution >= 4 is 10.0 Å². The molecular weight excluding hydrogens is 176 g/mol. The molecule has 0 aromatic rings. The molecule has 0 radical (unpaired) electrons. The van der Waals surface area contributed by atoms with E-state index in [9.17, 15) is 8.42 Å². The van der Waals surface area contributed by atoms with E-state index in [4.69, 9.17) is 5.73 Å². The fourth-order valence-electron chi connectivity index (χ4n) is 1.47. The Morgan fingerprint density at radius 3 is 2.50 bits per heavy atom. The second kappa shape index (κ2) is 3.72. The van der Waals surface area contributed by atoms with Crippen molar-refractivity contribution in [1.29, 1.82) is 0 Å². The molecule has 0 atom stereocenters. The van der Waals surface area contributed by atoms with Gasteiger partial charge >= 0.3 is 0 Å². The van der Waals surface area contributed by atoms with Crippen LogP contribution in [0.4, 0.5) is 0 Å². The predicted octanol–water partition coefficient (Wildman–Crippen LogP) is -0.337. The molecule has 1 aliphatic rings. The molecule has 0 aromatic heterocycles. The van der Waals surface area contributed by atoms with Gasteiger partial charge in [-0.3, -0.25) is 0 Å². The molecular formula is C7H16N2O2S. The summed E-state index contributed by atoms with van der Waals surface area (Å²) < 4.78 is 24.9. The number of sulfonamides is 1. The Hall–Kier alpha value is -0.130. The van der Waals surface area contributed by atoms with Crippen LogP contribution in [-0.2, 0) is 10.0 Å². The number of hydrogen-bond acceptors (Lipinski definition) is 3. The average Bonchev–Trinajstić information content (AvgIpc) is 1.83. The van der Waals surface area contributed by atoms with Gasteiger partial charge in [0, 0.05) is 12.6 Å². The standard InChI is InChI=1S/C7H16N2O2S/c1-6-4-7(5-6)9-12(10,11)3-2-8/h6-7,9H,2-5,8H2,1H3. The number of rotatable bonds is 4. The first-order valence-corrected chi connectivity index (χ1v) is 5.89. The summed E-state index contributed by atoms with van der Waals surface area (Å²) in [6.45, 7) is 2.31. The van der Waals surface area contributed by atoms with Gasteiger partial charge in [-0.05, 0) is 18.8 Å². The molecule has 3 N–H and O–H groups in total. The lowest BCUT2D eigenvalue weighted by Crippen LogP contribution is -2.45. The zero-order chi connectivity index (χ0) is 9.19. The van der Waals surface area contributed by atoms with E-state index in [1.54, 1.807) is 0 Å². The zero-order valence-corrected chi connectivity index (χ0v) is 8.10. The van der Waals surface area contributed by atoms with Crippen molar-refractivity contribution in [3.05, 3.63) is 0 Å². The highest BCUT2D eigenvalue weighted by Crippen LogP contribution is 2.26.